The van der Waals surface area contributed by atoms with Gasteiger partial charge in [0.15, 0.2) is 15.8 Å². The molecule has 0 saturated carbocycles. The standard InChI is InChI=1S/C15H25N3O2S.HI/c1-15(2,3)18-14(16)17-10-7-11-21(19,20)12-13-8-5-4-6-9-13;/h4-6,8-9H,7,10-12H2,1-3H3,(H3,16,17,18);1H. The Bertz CT molecular complexity index is 566. The van der Waals surface area contributed by atoms with Gasteiger partial charge in [0.2, 0.25) is 0 Å². The highest BCUT2D eigenvalue weighted by molar-refractivity contribution is 14.0. The van der Waals surface area contributed by atoms with Gasteiger partial charge in [-0.1, -0.05) is 30.3 Å². The maximum Gasteiger partial charge on any atom is 0.188 e. The van der Waals surface area contributed by atoms with E-state index < -0.39 is 9.84 Å². The van der Waals surface area contributed by atoms with Crippen LogP contribution in [0, 0.1) is 0 Å². The van der Waals surface area contributed by atoms with Crippen LogP contribution in [0.5, 0.6) is 0 Å². The van der Waals surface area contributed by atoms with Gasteiger partial charge in [0, 0.05) is 12.1 Å². The SMILES string of the molecule is CC(C)(C)NC(N)=NCCCS(=O)(=O)Cc1ccccc1.I. The quantitative estimate of drug-likeness (QED) is 0.308. The average molecular weight is 439 g/mol. The van der Waals surface area contributed by atoms with Crippen LogP contribution in [0.25, 0.3) is 0 Å². The van der Waals surface area contributed by atoms with E-state index in [1.54, 1.807) is 0 Å². The fourth-order valence-corrected chi connectivity index (χ4v) is 3.22. The highest BCUT2D eigenvalue weighted by atomic mass is 127. The zero-order valence-electron chi connectivity index (χ0n) is 13.4. The second kappa shape index (κ2) is 9.34. The molecule has 0 unspecified atom stereocenters. The van der Waals surface area contributed by atoms with Crippen molar-refractivity contribution in [3.05, 3.63) is 35.9 Å². The summed E-state index contributed by atoms with van der Waals surface area (Å²) in [5.41, 5.74) is 6.39. The molecule has 0 amide bonds. The summed E-state index contributed by atoms with van der Waals surface area (Å²) in [6.07, 6.45) is 0.474. The van der Waals surface area contributed by atoms with E-state index in [-0.39, 0.29) is 41.0 Å². The lowest BCUT2D eigenvalue weighted by Gasteiger charge is -2.20. The third-order valence-corrected chi connectivity index (χ3v) is 4.31. The number of nitrogens with zero attached hydrogens (tertiary/aromatic N) is 1. The van der Waals surface area contributed by atoms with Crippen LogP contribution in [0.15, 0.2) is 35.3 Å². The van der Waals surface area contributed by atoms with Crippen molar-refractivity contribution in [1.29, 1.82) is 0 Å². The van der Waals surface area contributed by atoms with E-state index in [1.807, 2.05) is 51.1 Å². The van der Waals surface area contributed by atoms with Gasteiger partial charge in [-0.2, -0.15) is 0 Å². The normalized spacial score (nSPS) is 12.6. The van der Waals surface area contributed by atoms with Crippen molar-refractivity contribution >= 4 is 39.8 Å². The zero-order valence-corrected chi connectivity index (χ0v) is 16.5. The molecule has 22 heavy (non-hydrogen) atoms. The molecule has 126 valence electrons. The van der Waals surface area contributed by atoms with Gasteiger partial charge in [-0.15, -0.1) is 24.0 Å². The highest BCUT2D eigenvalue weighted by Crippen LogP contribution is 2.07. The molecule has 0 fully saturated rings. The zero-order chi connectivity index (χ0) is 15.9. The van der Waals surface area contributed by atoms with Gasteiger partial charge in [0.05, 0.1) is 11.5 Å². The molecule has 0 heterocycles. The summed E-state index contributed by atoms with van der Waals surface area (Å²) < 4.78 is 24.0. The number of hydrogen-bond acceptors (Lipinski definition) is 3. The summed E-state index contributed by atoms with van der Waals surface area (Å²) in [5.74, 6) is 0.546. The number of nitrogens with two attached hydrogens (primary N) is 1. The van der Waals surface area contributed by atoms with Gasteiger partial charge in [0.25, 0.3) is 0 Å². The van der Waals surface area contributed by atoms with Crippen molar-refractivity contribution in [2.75, 3.05) is 12.3 Å². The predicted molar refractivity (Wildman–Crippen MR) is 103 cm³/mol. The number of nitrogens with one attached hydrogen (secondary N) is 1. The first-order chi connectivity index (χ1) is 9.68. The molecule has 0 spiro atoms. The van der Waals surface area contributed by atoms with E-state index in [0.29, 0.717) is 18.9 Å². The third-order valence-electron chi connectivity index (χ3n) is 2.63. The lowest BCUT2D eigenvalue weighted by atomic mass is 10.1. The van der Waals surface area contributed by atoms with Crippen molar-refractivity contribution in [3.8, 4) is 0 Å². The molecule has 0 aliphatic rings. The number of aliphatic imine (C=N–C) groups is 1. The molecule has 0 atom stereocenters. The van der Waals surface area contributed by atoms with Crippen LogP contribution in [0.4, 0.5) is 0 Å². The van der Waals surface area contributed by atoms with Crippen LogP contribution in [0.2, 0.25) is 0 Å². The number of rotatable bonds is 6. The Morgan fingerprint density at radius 2 is 1.82 bits per heavy atom. The lowest BCUT2D eigenvalue weighted by Crippen LogP contribution is -2.45. The predicted octanol–water partition coefficient (Wildman–Crippen LogP) is 2.31. The second-order valence-electron chi connectivity index (χ2n) is 6.07. The van der Waals surface area contributed by atoms with Gasteiger partial charge in [-0.25, -0.2) is 8.42 Å². The smallest absolute Gasteiger partial charge is 0.188 e. The summed E-state index contributed by atoms with van der Waals surface area (Å²) in [6, 6.07) is 9.19. The van der Waals surface area contributed by atoms with Crippen molar-refractivity contribution < 1.29 is 8.42 Å². The Kier molecular flexibility index (Phi) is 8.99. The molecular weight excluding hydrogens is 413 g/mol. The first-order valence-electron chi connectivity index (χ1n) is 7.00. The lowest BCUT2D eigenvalue weighted by molar-refractivity contribution is 0.508. The van der Waals surface area contributed by atoms with Crippen LogP contribution < -0.4 is 11.1 Å². The topological polar surface area (TPSA) is 84.5 Å². The molecule has 0 saturated heterocycles. The molecular formula is C15H26IN3O2S. The molecule has 0 aliphatic heterocycles. The first kappa shape index (κ1) is 21.2. The van der Waals surface area contributed by atoms with Gasteiger partial charge >= 0.3 is 0 Å². The number of hydrogen-bond donors (Lipinski definition) is 2. The molecule has 7 heteroatoms. The molecule has 0 radical (unpaired) electrons. The van der Waals surface area contributed by atoms with Gasteiger partial charge in [-0.05, 0) is 32.8 Å². The van der Waals surface area contributed by atoms with E-state index in [4.69, 9.17) is 5.73 Å². The van der Waals surface area contributed by atoms with Crippen LogP contribution in [-0.4, -0.2) is 32.2 Å². The number of guanidine groups is 1. The Balaban J connectivity index is 0.00000441. The molecule has 3 N–H and O–H groups in total. The third kappa shape index (κ3) is 9.99. The largest absolute Gasteiger partial charge is 0.370 e. The van der Waals surface area contributed by atoms with Gasteiger partial charge in [0.1, 0.15) is 0 Å². The highest BCUT2D eigenvalue weighted by Gasteiger charge is 2.12. The van der Waals surface area contributed by atoms with Gasteiger partial charge < -0.3 is 11.1 Å². The minimum Gasteiger partial charge on any atom is -0.370 e. The fourth-order valence-electron chi connectivity index (χ4n) is 1.81. The average Bonchev–Trinajstić information content (AvgIpc) is 2.33. The molecule has 1 aromatic rings. The minimum atomic E-state index is -3.10. The van der Waals surface area contributed by atoms with Crippen molar-refractivity contribution in [3.63, 3.8) is 0 Å². The molecule has 5 nitrogen and oxygen atoms in total. The van der Waals surface area contributed by atoms with Crippen molar-refractivity contribution in [1.82, 2.24) is 5.32 Å². The Morgan fingerprint density at radius 3 is 2.36 bits per heavy atom. The fraction of sp³-hybridized carbons (Fsp3) is 0.533. The number of halogens is 1. The molecule has 0 bridgehead atoms. The first-order valence-corrected chi connectivity index (χ1v) is 8.82. The van der Waals surface area contributed by atoms with E-state index in [2.05, 4.69) is 10.3 Å². The maximum atomic E-state index is 12.0. The molecule has 0 aromatic heterocycles. The Hall–Kier alpha value is -0.830. The molecule has 0 aliphatic carbocycles. The Morgan fingerprint density at radius 1 is 1.23 bits per heavy atom. The van der Waals surface area contributed by atoms with Crippen LogP contribution in [0.1, 0.15) is 32.8 Å². The number of sulfone groups is 1. The Labute approximate surface area is 150 Å². The molecule has 1 aromatic carbocycles. The van der Waals surface area contributed by atoms with E-state index >= 15 is 0 Å². The maximum absolute atomic E-state index is 12.0. The second-order valence-corrected chi connectivity index (χ2v) is 8.26. The molecule has 1 rings (SSSR count). The summed E-state index contributed by atoms with van der Waals surface area (Å²) in [5, 5.41) is 3.03. The van der Waals surface area contributed by atoms with Crippen molar-refractivity contribution in [2.45, 2.75) is 38.5 Å². The summed E-state index contributed by atoms with van der Waals surface area (Å²) in [4.78, 5) is 4.14. The van der Waals surface area contributed by atoms with Crippen molar-refractivity contribution in [2.24, 2.45) is 10.7 Å². The van der Waals surface area contributed by atoms with Crippen LogP contribution in [-0.2, 0) is 15.6 Å². The van der Waals surface area contributed by atoms with Crippen LogP contribution in [0.3, 0.4) is 0 Å². The minimum absolute atomic E-state index is 0. The van der Waals surface area contributed by atoms with E-state index in [9.17, 15) is 8.42 Å². The van der Waals surface area contributed by atoms with E-state index in [0.717, 1.165) is 5.56 Å². The summed E-state index contributed by atoms with van der Waals surface area (Å²) in [7, 11) is -3.10. The summed E-state index contributed by atoms with van der Waals surface area (Å²) >= 11 is 0. The van der Waals surface area contributed by atoms with E-state index in [1.165, 1.54) is 0 Å². The summed E-state index contributed by atoms with van der Waals surface area (Å²) in [6.45, 7) is 6.36. The van der Waals surface area contributed by atoms with Gasteiger partial charge in [-0.3, -0.25) is 4.99 Å². The number of benzene rings is 1. The van der Waals surface area contributed by atoms with Crippen LogP contribution >= 0.6 is 24.0 Å². The monoisotopic (exact) mass is 439 g/mol.